The zero-order valence-corrected chi connectivity index (χ0v) is 13.9. The molecule has 1 heterocycles. The average molecular weight is 347 g/mol. The Balaban J connectivity index is 2.06. The van der Waals surface area contributed by atoms with Gasteiger partial charge in [-0.05, 0) is 12.1 Å². The van der Waals surface area contributed by atoms with Crippen molar-refractivity contribution in [2.75, 3.05) is 20.3 Å². The third-order valence-corrected chi connectivity index (χ3v) is 3.87. The van der Waals surface area contributed by atoms with E-state index >= 15 is 0 Å². The van der Waals surface area contributed by atoms with Gasteiger partial charge in [0.25, 0.3) is 0 Å². The molecule has 0 aliphatic heterocycles. The predicted octanol–water partition coefficient (Wildman–Crippen LogP) is 3.76. The molecule has 0 saturated carbocycles. The van der Waals surface area contributed by atoms with Crippen LogP contribution in [0, 0.1) is 0 Å². The van der Waals surface area contributed by atoms with Crippen LogP contribution in [0.1, 0.15) is 11.3 Å². The van der Waals surface area contributed by atoms with Crippen LogP contribution < -0.4 is 10.1 Å². The predicted molar refractivity (Wildman–Crippen MR) is 86.5 cm³/mol. The highest BCUT2D eigenvalue weighted by atomic mass is 35.5. The average Bonchev–Trinajstić information content (AvgIpc) is 2.95. The molecule has 2 aromatic rings. The van der Waals surface area contributed by atoms with E-state index in [-0.39, 0.29) is 0 Å². The molecule has 0 bridgehead atoms. The lowest BCUT2D eigenvalue weighted by Gasteiger charge is -2.14. The molecule has 1 aromatic carbocycles. The van der Waals surface area contributed by atoms with Crippen molar-refractivity contribution in [2.45, 2.75) is 13.2 Å². The number of thiazole rings is 1. The third kappa shape index (κ3) is 5.13. The first-order valence-electron chi connectivity index (χ1n) is 6.38. The van der Waals surface area contributed by atoms with Crippen LogP contribution in [0.15, 0.2) is 23.0 Å². The maximum absolute atomic E-state index is 6.24. The van der Waals surface area contributed by atoms with Crippen molar-refractivity contribution in [3.05, 3.63) is 44.3 Å². The summed E-state index contributed by atoms with van der Waals surface area (Å²) < 4.78 is 10.8. The number of methoxy groups -OCH3 is 1. The third-order valence-electron chi connectivity index (χ3n) is 2.73. The molecule has 1 N–H and O–H groups in total. The molecular weight excluding hydrogens is 331 g/mol. The molecule has 114 valence electrons. The molecule has 0 unspecified atom stereocenters. The van der Waals surface area contributed by atoms with E-state index in [0.29, 0.717) is 35.6 Å². The fourth-order valence-electron chi connectivity index (χ4n) is 1.76. The quantitative estimate of drug-likeness (QED) is 0.739. The SMILES string of the molecule is COCCNCc1cc(Cl)cc(Cl)c1OCc1cscn1. The van der Waals surface area contributed by atoms with Crippen LogP contribution in [0.25, 0.3) is 0 Å². The standard InChI is InChI=1S/C14H16Cl2N2O2S/c1-19-3-2-17-6-10-4-11(15)5-13(16)14(10)20-7-12-8-21-9-18-12/h4-5,8-9,17H,2-3,6-7H2,1H3. The summed E-state index contributed by atoms with van der Waals surface area (Å²) in [5.41, 5.74) is 3.57. The molecule has 0 saturated heterocycles. The van der Waals surface area contributed by atoms with Crippen LogP contribution in [0.5, 0.6) is 5.75 Å². The number of benzene rings is 1. The van der Waals surface area contributed by atoms with E-state index in [1.807, 2.05) is 11.4 Å². The Morgan fingerprint density at radius 1 is 1.33 bits per heavy atom. The van der Waals surface area contributed by atoms with Gasteiger partial charge in [-0.25, -0.2) is 4.98 Å². The highest BCUT2D eigenvalue weighted by Gasteiger charge is 2.11. The van der Waals surface area contributed by atoms with E-state index < -0.39 is 0 Å². The number of halogens is 2. The van der Waals surface area contributed by atoms with Gasteiger partial charge in [0.05, 0.1) is 22.8 Å². The van der Waals surface area contributed by atoms with Gasteiger partial charge in [0.1, 0.15) is 12.4 Å². The van der Waals surface area contributed by atoms with Crippen molar-refractivity contribution < 1.29 is 9.47 Å². The minimum atomic E-state index is 0.385. The van der Waals surface area contributed by atoms with Crippen molar-refractivity contribution in [2.24, 2.45) is 0 Å². The van der Waals surface area contributed by atoms with Gasteiger partial charge in [-0.3, -0.25) is 0 Å². The van der Waals surface area contributed by atoms with Crippen molar-refractivity contribution in [3.63, 3.8) is 0 Å². The largest absolute Gasteiger partial charge is 0.485 e. The molecule has 0 spiro atoms. The van der Waals surface area contributed by atoms with E-state index in [1.165, 1.54) is 11.3 Å². The zero-order chi connectivity index (χ0) is 15.1. The second kappa shape index (κ2) is 8.56. The van der Waals surface area contributed by atoms with Crippen LogP contribution >= 0.6 is 34.5 Å². The van der Waals surface area contributed by atoms with Gasteiger partial charge >= 0.3 is 0 Å². The monoisotopic (exact) mass is 346 g/mol. The van der Waals surface area contributed by atoms with Crippen molar-refractivity contribution in [1.82, 2.24) is 10.3 Å². The van der Waals surface area contributed by atoms with Gasteiger partial charge in [0.15, 0.2) is 0 Å². The van der Waals surface area contributed by atoms with Gasteiger partial charge in [-0.1, -0.05) is 23.2 Å². The normalized spacial score (nSPS) is 10.8. The summed E-state index contributed by atoms with van der Waals surface area (Å²) in [7, 11) is 1.67. The van der Waals surface area contributed by atoms with E-state index in [0.717, 1.165) is 17.8 Å². The first kappa shape index (κ1) is 16.5. The Morgan fingerprint density at radius 3 is 2.90 bits per heavy atom. The highest BCUT2D eigenvalue weighted by molar-refractivity contribution is 7.07. The molecule has 0 atom stereocenters. The smallest absolute Gasteiger partial charge is 0.143 e. The fraction of sp³-hybridized carbons (Fsp3) is 0.357. The lowest BCUT2D eigenvalue weighted by Crippen LogP contribution is -2.19. The Morgan fingerprint density at radius 2 is 2.19 bits per heavy atom. The van der Waals surface area contributed by atoms with E-state index in [2.05, 4.69) is 10.3 Å². The Hall–Kier alpha value is -0.850. The summed E-state index contributed by atoms with van der Waals surface area (Å²) in [6.45, 7) is 2.38. The fourth-order valence-corrected chi connectivity index (χ4v) is 2.89. The second-order valence-electron chi connectivity index (χ2n) is 4.31. The van der Waals surface area contributed by atoms with Crippen LogP contribution in [0.3, 0.4) is 0 Å². The van der Waals surface area contributed by atoms with E-state index in [4.69, 9.17) is 32.7 Å². The summed E-state index contributed by atoms with van der Waals surface area (Å²) in [6.07, 6.45) is 0. The summed E-state index contributed by atoms with van der Waals surface area (Å²) >= 11 is 13.8. The van der Waals surface area contributed by atoms with Gasteiger partial charge in [0.2, 0.25) is 0 Å². The topological polar surface area (TPSA) is 43.4 Å². The molecule has 1 aromatic heterocycles. The Kier molecular flexibility index (Phi) is 6.73. The van der Waals surface area contributed by atoms with Crippen molar-refractivity contribution >= 4 is 34.5 Å². The lowest BCUT2D eigenvalue weighted by atomic mass is 10.2. The summed E-state index contributed by atoms with van der Waals surface area (Å²) in [5, 5.41) is 6.29. The van der Waals surface area contributed by atoms with Gasteiger partial charge < -0.3 is 14.8 Å². The summed E-state index contributed by atoms with van der Waals surface area (Å²) in [4.78, 5) is 4.19. The van der Waals surface area contributed by atoms with Crippen molar-refractivity contribution in [1.29, 1.82) is 0 Å². The number of rotatable bonds is 8. The highest BCUT2D eigenvalue weighted by Crippen LogP contribution is 2.33. The number of hydrogen-bond donors (Lipinski definition) is 1. The molecule has 21 heavy (non-hydrogen) atoms. The van der Waals surface area contributed by atoms with Crippen LogP contribution in [-0.2, 0) is 17.9 Å². The number of hydrogen-bond acceptors (Lipinski definition) is 5. The molecule has 0 aliphatic rings. The first-order chi connectivity index (χ1) is 10.2. The van der Waals surface area contributed by atoms with Gasteiger partial charge in [-0.15, -0.1) is 11.3 Å². The molecule has 0 radical (unpaired) electrons. The molecule has 0 fully saturated rings. The minimum Gasteiger partial charge on any atom is -0.485 e. The van der Waals surface area contributed by atoms with E-state index in [9.17, 15) is 0 Å². The minimum absolute atomic E-state index is 0.385. The lowest BCUT2D eigenvalue weighted by molar-refractivity contribution is 0.199. The van der Waals surface area contributed by atoms with Crippen LogP contribution in [-0.4, -0.2) is 25.2 Å². The zero-order valence-electron chi connectivity index (χ0n) is 11.6. The van der Waals surface area contributed by atoms with E-state index in [1.54, 1.807) is 18.7 Å². The van der Waals surface area contributed by atoms with Crippen LogP contribution in [0.2, 0.25) is 10.0 Å². The molecule has 0 amide bonds. The number of aromatic nitrogens is 1. The maximum Gasteiger partial charge on any atom is 0.143 e. The van der Waals surface area contributed by atoms with Gasteiger partial charge in [-0.2, -0.15) is 0 Å². The summed E-state index contributed by atoms with van der Waals surface area (Å²) in [6, 6.07) is 3.53. The van der Waals surface area contributed by atoms with Gasteiger partial charge in [0, 0.05) is 36.2 Å². The number of nitrogens with one attached hydrogen (secondary N) is 1. The molecule has 7 heteroatoms. The maximum atomic E-state index is 6.24. The molecule has 2 rings (SSSR count). The summed E-state index contributed by atoms with van der Waals surface area (Å²) in [5.74, 6) is 0.638. The van der Waals surface area contributed by atoms with Crippen molar-refractivity contribution in [3.8, 4) is 5.75 Å². The Bertz CT molecular complexity index is 564. The number of nitrogens with zero attached hydrogens (tertiary/aromatic N) is 1. The first-order valence-corrected chi connectivity index (χ1v) is 8.08. The second-order valence-corrected chi connectivity index (χ2v) is 5.88. The molecule has 4 nitrogen and oxygen atoms in total. The number of ether oxygens (including phenoxy) is 2. The molecule has 0 aliphatic carbocycles. The Labute approximate surface area is 138 Å². The molecular formula is C14H16Cl2N2O2S. The van der Waals surface area contributed by atoms with Crippen LogP contribution in [0.4, 0.5) is 0 Å².